The molecule has 0 N–H and O–H groups in total. The number of allylic oxidation sites excluding steroid dienone is 1. The first kappa shape index (κ1) is 21.0. The van der Waals surface area contributed by atoms with Crippen LogP contribution in [0.25, 0.3) is 0 Å². The highest BCUT2D eigenvalue weighted by molar-refractivity contribution is 7.87. The first-order valence-electron chi connectivity index (χ1n) is 8.46. The summed E-state index contributed by atoms with van der Waals surface area (Å²) in [6.45, 7) is 1.16. The van der Waals surface area contributed by atoms with Gasteiger partial charge in [-0.15, -0.1) is 4.91 Å². The molecule has 0 unspecified atom stereocenters. The number of nitroso groups, excluding NO2 is 1. The highest BCUT2D eigenvalue weighted by Gasteiger charge is 2.49. The molecule has 2 atom stereocenters. The maximum absolute atomic E-state index is 12.7. The summed E-state index contributed by atoms with van der Waals surface area (Å²) >= 11 is 0. The smallest absolute Gasteiger partial charge is 0.381 e. The van der Waals surface area contributed by atoms with E-state index in [-0.39, 0.29) is 17.7 Å². The van der Waals surface area contributed by atoms with Crippen molar-refractivity contribution in [1.82, 2.24) is 0 Å². The number of ether oxygens (including phenoxy) is 1. The van der Waals surface area contributed by atoms with Gasteiger partial charge in [0.25, 0.3) is 0 Å². The molecule has 3 rings (SSSR count). The molecule has 2 aromatic carbocycles. The number of benzene rings is 2. The lowest BCUT2D eigenvalue weighted by atomic mass is 9.97. The fraction of sp³-hybridized carbons (Fsp3) is 0.263. The molecule has 0 saturated carbocycles. The van der Waals surface area contributed by atoms with Gasteiger partial charge in [-0.3, -0.25) is 0 Å². The predicted molar refractivity (Wildman–Crippen MR) is 98.3 cm³/mol. The van der Waals surface area contributed by atoms with E-state index in [1.165, 1.54) is 12.1 Å². The van der Waals surface area contributed by atoms with Crippen molar-refractivity contribution in [1.29, 1.82) is 0 Å². The molecule has 154 valence electrons. The fourth-order valence-corrected chi connectivity index (χ4v) is 3.58. The van der Waals surface area contributed by atoms with Crippen molar-refractivity contribution in [2.24, 2.45) is 5.18 Å². The highest BCUT2D eigenvalue weighted by Crippen LogP contribution is 2.47. The summed E-state index contributed by atoms with van der Waals surface area (Å²) in [6.07, 6.45) is -1.21. The maximum atomic E-state index is 12.7. The Kier molecular flexibility index (Phi) is 5.76. The van der Waals surface area contributed by atoms with Crippen molar-refractivity contribution in [2.45, 2.75) is 31.1 Å². The van der Waals surface area contributed by atoms with Crippen LogP contribution >= 0.6 is 0 Å². The average Bonchev–Trinajstić information content (AvgIpc) is 3.13. The van der Waals surface area contributed by atoms with Crippen LogP contribution in [0.1, 0.15) is 36.7 Å². The Morgan fingerprint density at radius 3 is 2.24 bits per heavy atom. The minimum atomic E-state index is -5.80. The van der Waals surface area contributed by atoms with Crippen LogP contribution in [0, 0.1) is 4.91 Å². The molecule has 0 aromatic heterocycles. The molecule has 1 saturated heterocycles. The van der Waals surface area contributed by atoms with Crippen molar-refractivity contribution < 1.29 is 30.5 Å². The summed E-state index contributed by atoms with van der Waals surface area (Å²) in [4.78, 5) is 10.6. The van der Waals surface area contributed by atoms with Gasteiger partial charge in [-0.2, -0.15) is 21.6 Å². The number of nitrogens with zero attached hydrogens (tertiary/aromatic N) is 1. The highest BCUT2D eigenvalue weighted by atomic mass is 32.2. The molecule has 2 aromatic rings. The fourth-order valence-electron chi connectivity index (χ4n) is 3.05. The topological polar surface area (TPSA) is 82.0 Å². The SMILES string of the molecule is C/C(OS(=O)(=O)C(F)(F)F)=C1/C[C@@H](c2ccccc2)O[C@H]1c1ccc(N=O)cc1. The Balaban J connectivity index is 2.00. The summed E-state index contributed by atoms with van der Waals surface area (Å²) in [6, 6.07) is 14.9. The van der Waals surface area contributed by atoms with Crippen LogP contribution in [-0.2, 0) is 19.0 Å². The monoisotopic (exact) mass is 427 g/mol. The van der Waals surface area contributed by atoms with E-state index in [1.54, 1.807) is 36.4 Å². The first-order chi connectivity index (χ1) is 13.6. The molecule has 0 radical (unpaired) electrons. The Bertz CT molecular complexity index is 1020. The van der Waals surface area contributed by atoms with Crippen molar-refractivity contribution in [2.75, 3.05) is 0 Å². The molecule has 1 fully saturated rings. The Morgan fingerprint density at radius 1 is 1.07 bits per heavy atom. The van der Waals surface area contributed by atoms with Gasteiger partial charge in [0.1, 0.15) is 17.6 Å². The van der Waals surface area contributed by atoms with E-state index >= 15 is 0 Å². The van der Waals surface area contributed by atoms with Crippen LogP contribution in [0.5, 0.6) is 0 Å². The molecule has 0 amide bonds. The number of alkyl halides is 3. The normalized spacial score (nSPS) is 21.7. The first-order valence-corrected chi connectivity index (χ1v) is 9.87. The second-order valence-corrected chi connectivity index (χ2v) is 7.90. The van der Waals surface area contributed by atoms with E-state index in [9.17, 15) is 26.5 Å². The van der Waals surface area contributed by atoms with Crippen molar-refractivity contribution in [3.63, 3.8) is 0 Å². The number of rotatable bonds is 5. The minimum absolute atomic E-state index is 0.140. The van der Waals surface area contributed by atoms with Gasteiger partial charge < -0.3 is 8.92 Å². The van der Waals surface area contributed by atoms with E-state index in [0.29, 0.717) is 5.56 Å². The van der Waals surface area contributed by atoms with E-state index in [0.717, 1.165) is 12.5 Å². The predicted octanol–water partition coefficient (Wildman–Crippen LogP) is 5.43. The zero-order valence-electron chi connectivity index (χ0n) is 15.1. The van der Waals surface area contributed by atoms with Gasteiger partial charge in [0.2, 0.25) is 0 Å². The Hall–Kier alpha value is -2.72. The van der Waals surface area contributed by atoms with Gasteiger partial charge in [0, 0.05) is 12.0 Å². The van der Waals surface area contributed by atoms with Crippen molar-refractivity contribution >= 4 is 15.8 Å². The third kappa shape index (κ3) is 4.48. The summed E-state index contributed by atoms with van der Waals surface area (Å²) in [7, 11) is -5.80. The van der Waals surface area contributed by atoms with Gasteiger partial charge >= 0.3 is 15.6 Å². The molecular weight excluding hydrogens is 411 g/mol. The van der Waals surface area contributed by atoms with Crippen molar-refractivity contribution in [3.8, 4) is 0 Å². The van der Waals surface area contributed by atoms with Gasteiger partial charge in [-0.25, -0.2) is 0 Å². The molecule has 6 nitrogen and oxygen atoms in total. The second-order valence-electron chi connectivity index (χ2n) is 6.37. The molecule has 0 spiro atoms. The molecule has 0 bridgehead atoms. The van der Waals surface area contributed by atoms with Crippen LogP contribution < -0.4 is 0 Å². The summed E-state index contributed by atoms with van der Waals surface area (Å²) in [5.74, 6) is -0.400. The third-order valence-corrected chi connectivity index (χ3v) is 5.50. The van der Waals surface area contributed by atoms with Crippen LogP contribution in [0.4, 0.5) is 18.9 Å². The maximum Gasteiger partial charge on any atom is 0.534 e. The molecule has 29 heavy (non-hydrogen) atoms. The third-order valence-electron chi connectivity index (χ3n) is 4.47. The largest absolute Gasteiger partial charge is 0.534 e. The summed E-state index contributed by atoms with van der Waals surface area (Å²) in [5.41, 5.74) is -3.80. The van der Waals surface area contributed by atoms with Crippen LogP contribution in [-0.4, -0.2) is 13.9 Å². The van der Waals surface area contributed by atoms with Gasteiger partial charge in [-0.05, 0) is 35.4 Å². The molecule has 10 heteroatoms. The molecule has 0 aliphatic carbocycles. The zero-order chi connectivity index (χ0) is 21.2. The van der Waals surface area contributed by atoms with Crippen LogP contribution in [0.15, 0.2) is 71.1 Å². The molecule has 1 aliphatic rings. The van der Waals surface area contributed by atoms with E-state index < -0.39 is 33.6 Å². The quantitative estimate of drug-likeness (QED) is 0.275. The molecule has 1 aliphatic heterocycles. The Labute approximate surface area is 165 Å². The van der Waals surface area contributed by atoms with E-state index in [4.69, 9.17) is 4.74 Å². The van der Waals surface area contributed by atoms with Gasteiger partial charge in [-0.1, -0.05) is 42.5 Å². The van der Waals surface area contributed by atoms with Crippen molar-refractivity contribution in [3.05, 3.63) is 82.0 Å². The van der Waals surface area contributed by atoms with Crippen LogP contribution in [0.2, 0.25) is 0 Å². The van der Waals surface area contributed by atoms with E-state index in [1.807, 2.05) is 6.07 Å². The molecular formula is C19H16F3NO5S. The summed E-state index contributed by atoms with van der Waals surface area (Å²) in [5, 5.41) is 2.80. The second kappa shape index (κ2) is 7.96. The van der Waals surface area contributed by atoms with Gasteiger partial charge in [0.15, 0.2) is 0 Å². The standard InChI is InChI=1S/C19H16F3NO5S/c1-12(28-29(25,26)19(20,21)22)16-11-17(13-5-3-2-4-6-13)27-18(16)14-7-9-15(23-24)10-8-14/h2-10,17-18H,11H2,1H3/b16-12+/t17-,18-/m0/s1. The molecule has 1 heterocycles. The number of hydrogen-bond acceptors (Lipinski definition) is 6. The zero-order valence-corrected chi connectivity index (χ0v) is 15.9. The number of halogens is 3. The minimum Gasteiger partial charge on any atom is -0.381 e. The number of hydrogen-bond donors (Lipinski definition) is 0. The summed E-state index contributed by atoms with van der Waals surface area (Å²) < 4.78 is 71.4. The van der Waals surface area contributed by atoms with Gasteiger partial charge in [0.05, 0.1) is 6.10 Å². The van der Waals surface area contributed by atoms with Crippen LogP contribution in [0.3, 0.4) is 0 Å². The average molecular weight is 427 g/mol. The van der Waals surface area contributed by atoms with E-state index in [2.05, 4.69) is 9.36 Å². The lowest BCUT2D eigenvalue weighted by Crippen LogP contribution is -2.25. The lowest BCUT2D eigenvalue weighted by Gasteiger charge is -2.17. The lowest BCUT2D eigenvalue weighted by molar-refractivity contribution is -0.0522. The Morgan fingerprint density at radius 2 is 1.69 bits per heavy atom.